The third-order valence-corrected chi connectivity index (χ3v) is 6.04. The Morgan fingerprint density at radius 2 is 1.64 bits per heavy atom. The van der Waals surface area contributed by atoms with Crippen molar-refractivity contribution in [2.24, 2.45) is 0 Å². The highest BCUT2D eigenvalue weighted by Crippen LogP contribution is 2.21. The van der Waals surface area contributed by atoms with Gasteiger partial charge in [0.1, 0.15) is 18.2 Å². The summed E-state index contributed by atoms with van der Waals surface area (Å²) in [5.41, 5.74) is 2.12. The zero-order valence-corrected chi connectivity index (χ0v) is 22.4. The SMILES string of the molecule is CCOC(Cc1ccc(OCCN(CCOCc2ccc(F)cc2)C(=O)Nc2ccccc2Cl)cc1)C(=O)O. The lowest BCUT2D eigenvalue weighted by Gasteiger charge is -2.23. The molecule has 0 aliphatic heterocycles. The van der Waals surface area contributed by atoms with Gasteiger partial charge in [0, 0.05) is 19.6 Å². The van der Waals surface area contributed by atoms with Crippen LogP contribution in [-0.4, -0.2) is 61.0 Å². The molecular formula is C29H32ClFN2O6. The van der Waals surface area contributed by atoms with Crippen molar-refractivity contribution in [1.82, 2.24) is 4.90 Å². The number of urea groups is 1. The van der Waals surface area contributed by atoms with Crippen molar-refractivity contribution in [2.75, 3.05) is 38.2 Å². The monoisotopic (exact) mass is 558 g/mol. The number of hydrogen-bond acceptors (Lipinski definition) is 5. The average Bonchev–Trinajstić information content (AvgIpc) is 2.92. The minimum absolute atomic E-state index is 0.212. The first-order valence-corrected chi connectivity index (χ1v) is 12.9. The lowest BCUT2D eigenvalue weighted by molar-refractivity contribution is -0.149. The fraction of sp³-hybridized carbons (Fsp3) is 0.310. The van der Waals surface area contributed by atoms with Crippen molar-refractivity contribution in [3.05, 3.63) is 94.8 Å². The zero-order chi connectivity index (χ0) is 28.0. The van der Waals surface area contributed by atoms with Crippen LogP contribution >= 0.6 is 11.6 Å². The smallest absolute Gasteiger partial charge is 0.333 e. The molecule has 10 heteroatoms. The predicted octanol–water partition coefficient (Wildman–Crippen LogP) is 5.64. The van der Waals surface area contributed by atoms with E-state index in [1.165, 1.54) is 12.1 Å². The number of carbonyl (C=O) groups is 2. The van der Waals surface area contributed by atoms with Gasteiger partial charge in [-0.3, -0.25) is 0 Å². The Balaban J connectivity index is 1.54. The molecule has 1 atom stereocenters. The quantitative estimate of drug-likeness (QED) is 0.234. The van der Waals surface area contributed by atoms with E-state index in [4.69, 9.17) is 25.8 Å². The maximum absolute atomic E-state index is 13.1. The first-order chi connectivity index (χ1) is 18.9. The number of nitrogens with zero attached hydrogens (tertiary/aromatic N) is 1. The van der Waals surface area contributed by atoms with Gasteiger partial charge in [-0.1, -0.05) is 48.0 Å². The fourth-order valence-corrected chi connectivity index (χ4v) is 3.83. The number of carboxylic acids is 1. The number of ether oxygens (including phenoxy) is 3. The van der Waals surface area contributed by atoms with Crippen molar-refractivity contribution in [3.8, 4) is 5.75 Å². The van der Waals surface area contributed by atoms with Gasteiger partial charge in [-0.05, 0) is 54.4 Å². The molecule has 1 unspecified atom stereocenters. The molecule has 2 N–H and O–H groups in total. The Bertz CT molecular complexity index is 1190. The maximum Gasteiger partial charge on any atom is 0.333 e. The van der Waals surface area contributed by atoms with Crippen LogP contribution in [0.3, 0.4) is 0 Å². The van der Waals surface area contributed by atoms with Crippen LogP contribution in [0.25, 0.3) is 0 Å². The minimum atomic E-state index is -1.01. The Hall–Kier alpha value is -3.66. The van der Waals surface area contributed by atoms with E-state index < -0.39 is 12.1 Å². The van der Waals surface area contributed by atoms with Crippen LogP contribution in [0, 0.1) is 5.82 Å². The predicted molar refractivity (Wildman–Crippen MR) is 147 cm³/mol. The molecule has 208 valence electrons. The number of amides is 2. The van der Waals surface area contributed by atoms with Gasteiger partial charge in [0.2, 0.25) is 0 Å². The summed E-state index contributed by atoms with van der Waals surface area (Å²) in [6, 6.07) is 19.7. The number of nitrogens with one attached hydrogen (secondary N) is 1. The summed E-state index contributed by atoms with van der Waals surface area (Å²) in [6.07, 6.45) is -0.658. The summed E-state index contributed by atoms with van der Waals surface area (Å²) in [5.74, 6) is -0.735. The molecule has 0 spiro atoms. The van der Waals surface area contributed by atoms with E-state index in [1.54, 1.807) is 72.5 Å². The van der Waals surface area contributed by atoms with Gasteiger partial charge in [-0.25, -0.2) is 14.0 Å². The highest BCUT2D eigenvalue weighted by Gasteiger charge is 2.18. The van der Waals surface area contributed by atoms with Crippen LogP contribution in [0.4, 0.5) is 14.9 Å². The molecule has 0 heterocycles. The number of para-hydroxylation sites is 1. The van der Waals surface area contributed by atoms with E-state index in [0.29, 0.717) is 23.1 Å². The highest BCUT2D eigenvalue weighted by molar-refractivity contribution is 6.33. The van der Waals surface area contributed by atoms with E-state index in [1.807, 2.05) is 0 Å². The second-order valence-corrected chi connectivity index (χ2v) is 8.96. The first-order valence-electron chi connectivity index (χ1n) is 12.5. The number of benzene rings is 3. The number of halogens is 2. The molecule has 39 heavy (non-hydrogen) atoms. The van der Waals surface area contributed by atoms with Crippen molar-refractivity contribution < 1.29 is 33.3 Å². The van der Waals surface area contributed by atoms with Gasteiger partial charge >= 0.3 is 12.0 Å². The van der Waals surface area contributed by atoms with E-state index in [9.17, 15) is 19.1 Å². The van der Waals surface area contributed by atoms with Crippen LogP contribution in [0.5, 0.6) is 5.75 Å². The number of hydrogen-bond donors (Lipinski definition) is 2. The highest BCUT2D eigenvalue weighted by atomic mass is 35.5. The molecule has 0 bridgehead atoms. The lowest BCUT2D eigenvalue weighted by atomic mass is 10.1. The van der Waals surface area contributed by atoms with Gasteiger partial charge in [-0.2, -0.15) is 0 Å². The van der Waals surface area contributed by atoms with Crippen LogP contribution < -0.4 is 10.1 Å². The second-order valence-electron chi connectivity index (χ2n) is 8.55. The lowest BCUT2D eigenvalue weighted by Crippen LogP contribution is -2.40. The van der Waals surface area contributed by atoms with Crippen molar-refractivity contribution in [1.29, 1.82) is 0 Å². The molecule has 2 amide bonds. The molecule has 0 radical (unpaired) electrons. The molecule has 8 nitrogen and oxygen atoms in total. The zero-order valence-electron chi connectivity index (χ0n) is 21.6. The normalized spacial score (nSPS) is 11.6. The topological polar surface area (TPSA) is 97.3 Å². The van der Waals surface area contributed by atoms with Gasteiger partial charge in [0.15, 0.2) is 6.10 Å². The fourth-order valence-electron chi connectivity index (χ4n) is 3.65. The van der Waals surface area contributed by atoms with Gasteiger partial charge in [-0.15, -0.1) is 0 Å². The molecule has 0 aromatic heterocycles. The molecule has 3 aromatic rings. The van der Waals surface area contributed by atoms with Gasteiger partial charge < -0.3 is 29.5 Å². The summed E-state index contributed by atoms with van der Waals surface area (Å²) in [6.45, 7) is 3.38. The molecular weight excluding hydrogens is 527 g/mol. The van der Waals surface area contributed by atoms with Crippen LogP contribution in [0.15, 0.2) is 72.8 Å². The molecule has 0 saturated heterocycles. The number of carbonyl (C=O) groups excluding carboxylic acids is 1. The molecule has 3 rings (SSSR count). The molecule has 3 aromatic carbocycles. The Labute approximate surface area is 232 Å². The largest absolute Gasteiger partial charge is 0.492 e. The Morgan fingerprint density at radius 1 is 0.974 bits per heavy atom. The van der Waals surface area contributed by atoms with Crippen molar-refractivity contribution in [3.63, 3.8) is 0 Å². The third kappa shape index (κ3) is 10.2. The summed E-state index contributed by atoms with van der Waals surface area (Å²) in [7, 11) is 0. The summed E-state index contributed by atoms with van der Waals surface area (Å²) in [4.78, 5) is 25.9. The van der Waals surface area contributed by atoms with E-state index in [0.717, 1.165) is 11.1 Å². The van der Waals surface area contributed by atoms with E-state index in [-0.39, 0.29) is 51.2 Å². The maximum atomic E-state index is 13.1. The third-order valence-electron chi connectivity index (χ3n) is 5.71. The minimum Gasteiger partial charge on any atom is -0.492 e. The van der Waals surface area contributed by atoms with Crippen LogP contribution in [-0.2, 0) is 27.3 Å². The average molecular weight is 559 g/mol. The molecule has 0 aliphatic carbocycles. The Morgan fingerprint density at radius 3 is 2.31 bits per heavy atom. The molecule has 0 aliphatic rings. The summed E-state index contributed by atoms with van der Waals surface area (Å²) in [5, 5.41) is 12.5. The second kappa shape index (κ2) is 15.7. The van der Waals surface area contributed by atoms with Gasteiger partial charge in [0.25, 0.3) is 0 Å². The summed E-state index contributed by atoms with van der Waals surface area (Å²) >= 11 is 6.19. The number of aliphatic carboxylic acids is 1. The molecule has 0 saturated carbocycles. The first kappa shape index (κ1) is 29.9. The van der Waals surface area contributed by atoms with Crippen LogP contribution in [0.2, 0.25) is 5.02 Å². The number of anilines is 1. The summed E-state index contributed by atoms with van der Waals surface area (Å²) < 4.78 is 29.9. The van der Waals surface area contributed by atoms with Crippen molar-refractivity contribution in [2.45, 2.75) is 26.1 Å². The van der Waals surface area contributed by atoms with Crippen molar-refractivity contribution >= 4 is 29.3 Å². The van der Waals surface area contributed by atoms with Gasteiger partial charge in [0.05, 0.1) is 30.5 Å². The van der Waals surface area contributed by atoms with Crippen LogP contribution in [0.1, 0.15) is 18.1 Å². The standard InChI is InChI=1S/C29H32ClFN2O6/c1-2-38-27(28(34)35)19-21-9-13-24(14-10-21)39-18-16-33(29(36)32-26-6-4-3-5-25(26)30)15-17-37-20-22-7-11-23(31)12-8-22/h3-14,27H,2,15-20H2,1H3,(H,32,36)(H,34,35). The number of rotatable bonds is 15. The molecule has 0 fully saturated rings. The Kier molecular flexibility index (Phi) is 12.0. The number of carboxylic acid groups (broad SMARTS) is 1. The van der Waals surface area contributed by atoms with E-state index >= 15 is 0 Å². The van der Waals surface area contributed by atoms with E-state index in [2.05, 4.69) is 5.32 Å².